The van der Waals surface area contributed by atoms with Gasteiger partial charge in [-0.3, -0.25) is 9.52 Å². The zero-order valence-electron chi connectivity index (χ0n) is 14.8. The van der Waals surface area contributed by atoms with E-state index in [0.29, 0.717) is 11.3 Å². The van der Waals surface area contributed by atoms with Gasteiger partial charge in [-0.05, 0) is 44.0 Å². The second-order valence-electron chi connectivity index (χ2n) is 6.44. The lowest BCUT2D eigenvalue weighted by Gasteiger charge is -2.12. The van der Waals surface area contributed by atoms with Gasteiger partial charge in [0.05, 0.1) is 11.5 Å². The van der Waals surface area contributed by atoms with Crippen LogP contribution in [0.3, 0.4) is 0 Å². The first-order valence-electron chi connectivity index (χ1n) is 8.54. The average Bonchev–Trinajstić information content (AvgIpc) is 2.80. The van der Waals surface area contributed by atoms with Crippen molar-refractivity contribution in [3.8, 4) is 0 Å². The molecule has 0 amide bonds. The summed E-state index contributed by atoms with van der Waals surface area (Å²) in [5, 5.41) is 9.00. The first kappa shape index (κ1) is 18.9. The van der Waals surface area contributed by atoms with Gasteiger partial charge in [-0.2, -0.15) is 0 Å². The van der Waals surface area contributed by atoms with Gasteiger partial charge in [0.2, 0.25) is 10.0 Å². The largest absolute Gasteiger partial charge is 0.306 e. The molecule has 26 heavy (non-hydrogen) atoms. The summed E-state index contributed by atoms with van der Waals surface area (Å²) in [7, 11) is -3.33. The number of hydrogen-bond donors (Lipinski definition) is 1. The average molecular weight is 395 g/mol. The third kappa shape index (κ3) is 4.64. The maximum Gasteiger partial charge on any atom is 0.229 e. The highest BCUT2D eigenvalue weighted by molar-refractivity contribution is 8.00. The van der Waals surface area contributed by atoms with Crippen molar-refractivity contribution < 1.29 is 13.2 Å². The van der Waals surface area contributed by atoms with Gasteiger partial charge in [-0.25, -0.2) is 8.42 Å². The lowest BCUT2D eigenvalue weighted by atomic mass is 10.1. The summed E-state index contributed by atoms with van der Waals surface area (Å²) < 4.78 is 27.0. The Balaban J connectivity index is 1.69. The van der Waals surface area contributed by atoms with Gasteiger partial charge in [0.25, 0.3) is 0 Å². The molecule has 3 rings (SSSR count). The quantitative estimate of drug-likeness (QED) is 0.598. The second-order valence-corrected chi connectivity index (χ2v) is 9.49. The van der Waals surface area contributed by atoms with Crippen molar-refractivity contribution in [3.63, 3.8) is 0 Å². The highest BCUT2D eigenvalue weighted by Crippen LogP contribution is 2.27. The molecule has 0 unspecified atom stereocenters. The van der Waals surface area contributed by atoms with Crippen LogP contribution in [0.5, 0.6) is 0 Å². The molecule has 1 aliphatic heterocycles. The lowest BCUT2D eigenvalue weighted by molar-refractivity contribution is 0.0994. The molecule has 1 N–H and O–H groups in total. The number of benzene rings is 1. The van der Waals surface area contributed by atoms with E-state index >= 15 is 0 Å². The van der Waals surface area contributed by atoms with Gasteiger partial charge < -0.3 is 4.57 Å². The number of aryl methyl sites for hydroxylation is 1. The third-order valence-corrected chi connectivity index (χ3v) is 5.89. The Kier molecular flexibility index (Phi) is 5.67. The van der Waals surface area contributed by atoms with Crippen LogP contribution < -0.4 is 4.72 Å². The van der Waals surface area contributed by atoms with Crippen molar-refractivity contribution >= 4 is 33.3 Å². The van der Waals surface area contributed by atoms with Gasteiger partial charge in [0.15, 0.2) is 10.9 Å². The Morgan fingerprint density at radius 1 is 1.19 bits per heavy atom. The normalized spacial score (nSPS) is 15.8. The molecule has 0 saturated carbocycles. The van der Waals surface area contributed by atoms with Crippen LogP contribution in [0, 0.1) is 0 Å². The molecule has 0 radical (unpaired) electrons. The molecule has 7 nitrogen and oxygen atoms in total. The molecule has 1 aromatic carbocycles. The van der Waals surface area contributed by atoms with Crippen LogP contribution in [-0.4, -0.2) is 40.5 Å². The number of nitrogens with one attached hydrogen (secondary N) is 1. The van der Waals surface area contributed by atoms with Gasteiger partial charge >= 0.3 is 0 Å². The Labute approximate surface area is 157 Å². The molecule has 1 aromatic heterocycles. The minimum atomic E-state index is -3.33. The SMILES string of the molecule is C[C@H](Sc1nnc2n1CCCCC2)C(=O)c1ccc(NS(C)(=O)=O)cc1. The molecule has 1 atom stereocenters. The number of nitrogens with zero attached hydrogens (tertiary/aromatic N) is 3. The van der Waals surface area contributed by atoms with Crippen molar-refractivity contribution in [3.05, 3.63) is 35.7 Å². The molecule has 0 bridgehead atoms. The monoisotopic (exact) mass is 394 g/mol. The molecular weight excluding hydrogens is 372 g/mol. The zero-order valence-corrected chi connectivity index (χ0v) is 16.4. The van der Waals surface area contributed by atoms with E-state index in [4.69, 9.17) is 0 Å². The summed E-state index contributed by atoms with van der Waals surface area (Å²) in [6, 6.07) is 6.46. The third-order valence-electron chi connectivity index (χ3n) is 4.20. The number of Topliss-reactive ketones (excluding diaryl/α,β-unsaturated/α-hetero) is 1. The van der Waals surface area contributed by atoms with E-state index in [0.717, 1.165) is 43.0 Å². The molecular formula is C17H22N4O3S2. The van der Waals surface area contributed by atoms with Crippen LogP contribution in [0.25, 0.3) is 0 Å². The molecule has 0 saturated heterocycles. The maximum absolute atomic E-state index is 12.7. The van der Waals surface area contributed by atoms with Crippen molar-refractivity contribution in [2.45, 2.75) is 49.6 Å². The number of anilines is 1. The number of carbonyl (C=O) groups excluding carboxylic acids is 1. The molecule has 2 heterocycles. The fourth-order valence-electron chi connectivity index (χ4n) is 2.91. The van der Waals surface area contributed by atoms with Crippen LogP contribution in [0.15, 0.2) is 29.4 Å². The number of ketones is 1. The van der Waals surface area contributed by atoms with Crippen molar-refractivity contribution in [2.75, 3.05) is 11.0 Å². The van der Waals surface area contributed by atoms with E-state index in [9.17, 15) is 13.2 Å². The molecule has 9 heteroatoms. The molecule has 0 aliphatic carbocycles. The van der Waals surface area contributed by atoms with E-state index in [1.807, 2.05) is 6.92 Å². The van der Waals surface area contributed by atoms with Gasteiger partial charge in [-0.1, -0.05) is 18.2 Å². The first-order valence-corrected chi connectivity index (χ1v) is 11.3. The van der Waals surface area contributed by atoms with E-state index in [1.54, 1.807) is 24.3 Å². The Morgan fingerprint density at radius 3 is 2.62 bits per heavy atom. The summed E-state index contributed by atoms with van der Waals surface area (Å²) in [4.78, 5) is 12.7. The number of carbonyl (C=O) groups is 1. The summed E-state index contributed by atoms with van der Waals surface area (Å²) in [6.07, 6.45) is 5.45. The van der Waals surface area contributed by atoms with E-state index < -0.39 is 10.0 Å². The van der Waals surface area contributed by atoms with Crippen LogP contribution in [-0.2, 0) is 23.0 Å². The number of aromatic nitrogens is 3. The van der Waals surface area contributed by atoms with Crippen LogP contribution in [0.4, 0.5) is 5.69 Å². The van der Waals surface area contributed by atoms with E-state index in [-0.39, 0.29) is 11.0 Å². The summed E-state index contributed by atoms with van der Waals surface area (Å²) in [6.45, 7) is 2.76. The fraction of sp³-hybridized carbons (Fsp3) is 0.471. The Morgan fingerprint density at radius 2 is 1.92 bits per heavy atom. The zero-order chi connectivity index (χ0) is 18.7. The number of hydrogen-bond acceptors (Lipinski definition) is 6. The minimum Gasteiger partial charge on any atom is -0.306 e. The highest BCUT2D eigenvalue weighted by atomic mass is 32.2. The molecule has 2 aromatic rings. The van der Waals surface area contributed by atoms with E-state index in [1.165, 1.54) is 18.2 Å². The van der Waals surface area contributed by atoms with Gasteiger partial charge in [0.1, 0.15) is 5.82 Å². The molecule has 140 valence electrons. The predicted octanol–water partition coefficient (Wildman–Crippen LogP) is 2.74. The van der Waals surface area contributed by atoms with Crippen molar-refractivity contribution in [1.29, 1.82) is 0 Å². The van der Waals surface area contributed by atoms with Gasteiger partial charge in [-0.15, -0.1) is 10.2 Å². The predicted molar refractivity (Wildman–Crippen MR) is 102 cm³/mol. The lowest BCUT2D eigenvalue weighted by Crippen LogP contribution is -2.15. The molecule has 1 aliphatic rings. The number of rotatable bonds is 6. The Bertz CT molecular complexity index is 891. The van der Waals surface area contributed by atoms with Gasteiger partial charge in [0, 0.05) is 24.2 Å². The van der Waals surface area contributed by atoms with Crippen LogP contribution >= 0.6 is 11.8 Å². The minimum absolute atomic E-state index is 0.0214. The Hall–Kier alpha value is -1.87. The number of sulfonamides is 1. The topological polar surface area (TPSA) is 93.9 Å². The number of thioether (sulfide) groups is 1. The van der Waals surface area contributed by atoms with Crippen LogP contribution in [0.2, 0.25) is 0 Å². The molecule has 0 spiro atoms. The standard InChI is InChI=1S/C17H22N4O3S2/c1-12(25-17-19-18-15-6-4-3-5-11-21(15)17)16(22)13-7-9-14(10-8-13)20-26(2,23)24/h7-10,12,20H,3-6,11H2,1-2H3/t12-/m0/s1. The second kappa shape index (κ2) is 7.79. The van der Waals surface area contributed by atoms with E-state index in [2.05, 4.69) is 19.5 Å². The maximum atomic E-state index is 12.7. The smallest absolute Gasteiger partial charge is 0.229 e. The summed E-state index contributed by atoms with van der Waals surface area (Å²) in [5.74, 6) is 0.979. The summed E-state index contributed by atoms with van der Waals surface area (Å²) >= 11 is 1.42. The number of fused-ring (bicyclic) bond motifs is 1. The fourth-order valence-corrected chi connectivity index (χ4v) is 4.44. The van der Waals surface area contributed by atoms with Crippen LogP contribution in [0.1, 0.15) is 42.4 Å². The van der Waals surface area contributed by atoms with Crippen molar-refractivity contribution in [2.24, 2.45) is 0 Å². The molecule has 0 fully saturated rings. The highest BCUT2D eigenvalue weighted by Gasteiger charge is 2.22. The first-order chi connectivity index (χ1) is 12.3. The summed E-state index contributed by atoms with van der Waals surface area (Å²) in [5.41, 5.74) is 0.979. The van der Waals surface area contributed by atoms with Crippen molar-refractivity contribution in [1.82, 2.24) is 14.8 Å².